The highest BCUT2D eigenvalue weighted by Gasteiger charge is 2.20. The van der Waals surface area contributed by atoms with Crippen molar-refractivity contribution in [2.24, 2.45) is 5.92 Å². The lowest BCUT2D eigenvalue weighted by Crippen LogP contribution is -2.30. The normalized spacial score (nSPS) is 17.9. The highest BCUT2D eigenvalue weighted by molar-refractivity contribution is 7.13. The van der Waals surface area contributed by atoms with Crippen LogP contribution in [0.25, 0.3) is 10.6 Å². The van der Waals surface area contributed by atoms with E-state index in [1.54, 1.807) is 11.3 Å². The van der Waals surface area contributed by atoms with Gasteiger partial charge in [-0.3, -0.25) is 0 Å². The van der Waals surface area contributed by atoms with E-state index in [-0.39, 0.29) is 0 Å². The lowest BCUT2D eigenvalue weighted by Gasteiger charge is -2.29. The van der Waals surface area contributed by atoms with Crippen LogP contribution < -0.4 is 5.32 Å². The Bertz CT molecular complexity index is 535. The van der Waals surface area contributed by atoms with Crippen LogP contribution in [0.15, 0.2) is 35.8 Å². The standard InChI is InChI=1S/C16H20N2OS/c1-12(13-5-8-19-9-6-13)18-15-4-2-3-14(11-15)16-17-7-10-20-16/h2-4,7,10-13,18H,5-6,8-9H2,1H3/t12-/m0/s1. The third-order valence-corrected chi connectivity index (χ3v) is 4.73. The van der Waals surface area contributed by atoms with E-state index < -0.39 is 0 Å². The molecule has 1 fully saturated rings. The number of hydrogen-bond acceptors (Lipinski definition) is 4. The van der Waals surface area contributed by atoms with Crippen LogP contribution in [0.2, 0.25) is 0 Å². The fourth-order valence-corrected chi connectivity index (χ4v) is 3.34. The second-order valence-electron chi connectivity index (χ2n) is 5.30. The molecule has 2 heterocycles. The van der Waals surface area contributed by atoms with E-state index >= 15 is 0 Å². The minimum atomic E-state index is 0.477. The van der Waals surface area contributed by atoms with Crippen LogP contribution in [-0.4, -0.2) is 24.2 Å². The molecular weight excluding hydrogens is 268 g/mol. The minimum Gasteiger partial charge on any atom is -0.382 e. The Morgan fingerprint density at radius 3 is 2.95 bits per heavy atom. The number of thiazole rings is 1. The molecule has 3 rings (SSSR count). The highest BCUT2D eigenvalue weighted by Crippen LogP contribution is 2.26. The van der Waals surface area contributed by atoms with Crippen LogP contribution in [0.3, 0.4) is 0 Å². The van der Waals surface area contributed by atoms with Crippen molar-refractivity contribution in [2.45, 2.75) is 25.8 Å². The predicted molar refractivity (Wildman–Crippen MR) is 84.2 cm³/mol. The van der Waals surface area contributed by atoms with Gasteiger partial charge < -0.3 is 10.1 Å². The van der Waals surface area contributed by atoms with Gasteiger partial charge in [0.2, 0.25) is 0 Å². The SMILES string of the molecule is C[C@H](Nc1cccc(-c2nccs2)c1)C1CCOCC1. The Morgan fingerprint density at radius 1 is 1.35 bits per heavy atom. The van der Waals surface area contributed by atoms with E-state index in [2.05, 4.69) is 41.5 Å². The molecule has 2 aromatic rings. The van der Waals surface area contributed by atoms with Crippen molar-refractivity contribution in [3.05, 3.63) is 35.8 Å². The number of hydrogen-bond donors (Lipinski definition) is 1. The smallest absolute Gasteiger partial charge is 0.123 e. The maximum atomic E-state index is 5.43. The van der Waals surface area contributed by atoms with Crippen molar-refractivity contribution in [3.63, 3.8) is 0 Å². The summed E-state index contributed by atoms with van der Waals surface area (Å²) in [5, 5.41) is 6.73. The van der Waals surface area contributed by atoms with Gasteiger partial charge in [-0.05, 0) is 37.8 Å². The highest BCUT2D eigenvalue weighted by atomic mass is 32.1. The summed E-state index contributed by atoms with van der Waals surface area (Å²) < 4.78 is 5.43. The second kappa shape index (κ2) is 6.37. The maximum absolute atomic E-state index is 5.43. The van der Waals surface area contributed by atoms with E-state index in [1.165, 1.54) is 11.3 Å². The van der Waals surface area contributed by atoms with Crippen LogP contribution >= 0.6 is 11.3 Å². The van der Waals surface area contributed by atoms with Gasteiger partial charge in [-0.2, -0.15) is 0 Å². The zero-order valence-electron chi connectivity index (χ0n) is 11.7. The lowest BCUT2D eigenvalue weighted by atomic mass is 9.93. The van der Waals surface area contributed by atoms with Gasteiger partial charge in [0.15, 0.2) is 0 Å². The van der Waals surface area contributed by atoms with Crippen LogP contribution in [0.1, 0.15) is 19.8 Å². The third kappa shape index (κ3) is 3.19. The largest absolute Gasteiger partial charge is 0.382 e. The quantitative estimate of drug-likeness (QED) is 0.922. The molecule has 1 aromatic carbocycles. The topological polar surface area (TPSA) is 34.2 Å². The minimum absolute atomic E-state index is 0.477. The molecule has 1 atom stereocenters. The van der Waals surface area contributed by atoms with Crippen LogP contribution in [0.5, 0.6) is 0 Å². The molecule has 0 bridgehead atoms. The Labute approximate surface area is 124 Å². The number of nitrogens with zero attached hydrogens (tertiary/aromatic N) is 1. The average molecular weight is 288 g/mol. The van der Waals surface area contributed by atoms with Crippen LogP contribution in [0.4, 0.5) is 5.69 Å². The van der Waals surface area contributed by atoms with Gasteiger partial charge in [-0.1, -0.05) is 12.1 Å². The first kappa shape index (κ1) is 13.6. The van der Waals surface area contributed by atoms with E-state index in [0.717, 1.165) is 31.1 Å². The monoisotopic (exact) mass is 288 g/mol. The first-order chi connectivity index (χ1) is 9.83. The molecule has 1 saturated heterocycles. The molecule has 106 valence electrons. The predicted octanol–water partition coefficient (Wildman–Crippen LogP) is 4.04. The van der Waals surface area contributed by atoms with Crippen molar-refractivity contribution in [1.82, 2.24) is 4.98 Å². The van der Waals surface area contributed by atoms with Gasteiger partial charge in [-0.25, -0.2) is 4.98 Å². The van der Waals surface area contributed by atoms with Crippen molar-refractivity contribution >= 4 is 17.0 Å². The summed E-state index contributed by atoms with van der Waals surface area (Å²) in [5.41, 5.74) is 2.36. The van der Waals surface area contributed by atoms with Crippen molar-refractivity contribution in [2.75, 3.05) is 18.5 Å². The van der Waals surface area contributed by atoms with E-state index in [0.29, 0.717) is 12.0 Å². The van der Waals surface area contributed by atoms with Gasteiger partial charge in [0.05, 0.1) is 0 Å². The molecule has 0 saturated carbocycles. The molecule has 1 aliphatic heterocycles. The molecule has 0 spiro atoms. The van der Waals surface area contributed by atoms with Gasteiger partial charge in [0, 0.05) is 42.1 Å². The average Bonchev–Trinajstić information content (AvgIpc) is 3.03. The Kier molecular flexibility index (Phi) is 4.33. The summed E-state index contributed by atoms with van der Waals surface area (Å²) in [5.74, 6) is 0.701. The summed E-state index contributed by atoms with van der Waals surface area (Å²) in [6.45, 7) is 4.07. The molecule has 1 aromatic heterocycles. The zero-order valence-corrected chi connectivity index (χ0v) is 12.5. The zero-order chi connectivity index (χ0) is 13.8. The fraction of sp³-hybridized carbons (Fsp3) is 0.438. The van der Waals surface area contributed by atoms with Crippen molar-refractivity contribution in [1.29, 1.82) is 0 Å². The molecular formula is C16H20N2OS. The first-order valence-corrected chi connectivity index (χ1v) is 8.05. The third-order valence-electron chi connectivity index (χ3n) is 3.91. The molecule has 0 radical (unpaired) electrons. The Morgan fingerprint density at radius 2 is 2.20 bits per heavy atom. The van der Waals surface area contributed by atoms with Crippen LogP contribution in [0, 0.1) is 5.92 Å². The summed E-state index contributed by atoms with van der Waals surface area (Å²) in [6.07, 6.45) is 4.16. The first-order valence-electron chi connectivity index (χ1n) is 7.17. The van der Waals surface area contributed by atoms with E-state index in [9.17, 15) is 0 Å². The summed E-state index contributed by atoms with van der Waals surface area (Å²) in [7, 11) is 0. The molecule has 20 heavy (non-hydrogen) atoms. The number of benzene rings is 1. The summed E-state index contributed by atoms with van der Waals surface area (Å²) >= 11 is 1.68. The molecule has 0 aliphatic carbocycles. The number of rotatable bonds is 4. The Balaban J connectivity index is 1.69. The number of nitrogens with one attached hydrogen (secondary N) is 1. The second-order valence-corrected chi connectivity index (χ2v) is 6.20. The van der Waals surface area contributed by atoms with Gasteiger partial charge in [-0.15, -0.1) is 11.3 Å². The van der Waals surface area contributed by atoms with Crippen molar-refractivity contribution < 1.29 is 4.74 Å². The van der Waals surface area contributed by atoms with Crippen molar-refractivity contribution in [3.8, 4) is 10.6 Å². The van der Waals surface area contributed by atoms with E-state index in [4.69, 9.17) is 4.74 Å². The number of aromatic nitrogens is 1. The van der Waals surface area contributed by atoms with E-state index in [1.807, 2.05) is 11.6 Å². The van der Waals surface area contributed by atoms with Crippen LogP contribution in [-0.2, 0) is 4.74 Å². The lowest BCUT2D eigenvalue weighted by molar-refractivity contribution is 0.0622. The molecule has 0 unspecified atom stereocenters. The number of ether oxygens (including phenoxy) is 1. The Hall–Kier alpha value is -1.39. The maximum Gasteiger partial charge on any atom is 0.123 e. The van der Waals surface area contributed by atoms with Gasteiger partial charge in [0.25, 0.3) is 0 Å². The number of anilines is 1. The molecule has 0 amide bonds. The molecule has 4 heteroatoms. The van der Waals surface area contributed by atoms with Gasteiger partial charge >= 0.3 is 0 Å². The molecule has 1 N–H and O–H groups in total. The fourth-order valence-electron chi connectivity index (χ4n) is 2.70. The molecule has 3 nitrogen and oxygen atoms in total. The summed E-state index contributed by atoms with van der Waals surface area (Å²) in [6, 6.07) is 9.01. The summed E-state index contributed by atoms with van der Waals surface area (Å²) in [4.78, 5) is 4.37. The molecule has 1 aliphatic rings. The van der Waals surface area contributed by atoms with Gasteiger partial charge in [0.1, 0.15) is 5.01 Å².